The number of benzene rings is 1. The maximum Gasteiger partial charge on any atom is 0.162 e. The lowest BCUT2D eigenvalue weighted by atomic mass is 10.1. The fraction of sp³-hybridized carbons (Fsp3) is 0.375. The lowest BCUT2D eigenvalue weighted by Crippen LogP contribution is -2.50. The van der Waals surface area contributed by atoms with Crippen molar-refractivity contribution >= 4 is 50.4 Å². The van der Waals surface area contributed by atoms with Crippen molar-refractivity contribution in [3.63, 3.8) is 0 Å². The van der Waals surface area contributed by atoms with E-state index >= 15 is 0 Å². The molecule has 0 bridgehead atoms. The van der Waals surface area contributed by atoms with E-state index in [9.17, 15) is 4.39 Å². The minimum atomic E-state index is -0.404. The zero-order valence-corrected chi connectivity index (χ0v) is 16.3. The largest absolute Gasteiger partial charge is 0.393 e. The molecule has 2 aromatic rings. The molecule has 1 aliphatic rings. The minimum absolute atomic E-state index is 0.127. The first-order chi connectivity index (χ1) is 11.9. The summed E-state index contributed by atoms with van der Waals surface area (Å²) in [6, 6.07) is 3.95. The highest BCUT2D eigenvalue weighted by molar-refractivity contribution is 9.10. The quantitative estimate of drug-likeness (QED) is 0.728. The number of rotatable bonds is 3. The molecule has 6 nitrogen and oxygen atoms in total. The van der Waals surface area contributed by atoms with Crippen molar-refractivity contribution in [1.29, 1.82) is 0 Å². The number of nitrogens with one attached hydrogen (secondary N) is 1. The molecule has 9 heteroatoms. The van der Waals surface area contributed by atoms with E-state index in [0.29, 0.717) is 16.2 Å². The fourth-order valence-electron chi connectivity index (χ4n) is 2.78. The van der Waals surface area contributed by atoms with Gasteiger partial charge in [-0.1, -0.05) is 11.6 Å². The summed E-state index contributed by atoms with van der Waals surface area (Å²) in [7, 11) is 2.09. The summed E-state index contributed by atoms with van der Waals surface area (Å²) in [5.41, 5.74) is 7.17. The third-order valence-corrected chi connectivity index (χ3v) is 5.37. The molecular formula is C16H19BrClFN6. The predicted molar refractivity (Wildman–Crippen MR) is 103 cm³/mol. The van der Waals surface area contributed by atoms with Crippen molar-refractivity contribution in [1.82, 2.24) is 14.9 Å². The Morgan fingerprint density at radius 3 is 2.84 bits per heavy atom. The van der Waals surface area contributed by atoms with Gasteiger partial charge in [0.15, 0.2) is 16.8 Å². The lowest BCUT2D eigenvalue weighted by molar-refractivity contribution is 0.234. The monoisotopic (exact) mass is 428 g/mol. The van der Waals surface area contributed by atoms with Gasteiger partial charge in [-0.25, -0.2) is 14.4 Å². The van der Waals surface area contributed by atoms with Gasteiger partial charge in [0.05, 0.1) is 10.2 Å². The highest BCUT2D eigenvalue weighted by Gasteiger charge is 2.25. The molecule has 0 aliphatic carbocycles. The van der Waals surface area contributed by atoms with Gasteiger partial charge < -0.3 is 20.9 Å². The van der Waals surface area contributed by atoms with Gasteiger partial charge in [-0.15, -0.1) is 0 Å². The van der Waals surface area contributed by atoms with Gasteiger partial charge in [-0.05, 0) is 42.0 Å². The van der Waals surface area contributed by atoms with Crippen LogP contribution in [0, 0.1) is 5.82 Å². The van der Waals surface area contributed by atoms with Gasteiger partial charge in [0.2, 0.25) is 0 Å². The molecular weight excluding hydrogens is 411 g/mol. The normalized spacial score (nSPS) is 18.4. The molecule has 0 unspecified atom stereocenters. The molecule has 134 valence electrons. The molecule has 1 atom stereocenters. The van der Waals surface area contributed by atoms with Crippen molar-refractivity contribution in [3.8, 4) is 0 Å². The minimum Gasteiger partial charge on any atom is -0.393 e. The van der Waals surface area contributed by atoms with E-state index in [1.165, 1.54) is 6.33 Å². The summed E-state index contributed by atoms with van der Waals surface area (Å²) < 4.78 is 15.2. The van der Waals surface area contributed by atoms with Crippen LogP contribution in [0.25, 0.3) is 0 Å². The van der Waals surface area contributed by atoms with E-state index in [4.69, 9.17) is 17.3 Å². The number of nitrogens with zero attached hydrogens (tertiary/aromatic N) is 4. The molecule has 0 saturated carbocycles. The van der Waals surface area contributed by atoms with Crippen LogP contribution in [0.5, 0.6) is 0 Å². The Kier molecular flexibility index (Phi) is 5.31. The van der Waals surface area contributed by atoms with Crippen LogP contribution in [0.4, 0.5) is 27.3 Å². The zero-order chi connectivity index (χ0) is 18.1. The molecule has 0 radical (unpaired) electrons. The van der Waals surface area contributed by atoms with Crippen LogP contribution in [-0.4, -0.2) is 47.6 Å². The Morgan fingerprint density at radius 1 is 1.36 bits per heavy atom. The fourth-order valence-corrected chi connectivity index (χ4v) is 3.25. The number of nitrogens with two attached hydrogens (primary N) is 1. The van der Waals surface area contributed by atoms with E-state index in [2.05, 4.69) is 55.0 Å². The number of likely N-dealkylation sites (N-methyl/N-ethyl adjacent to an activating group) is 1. The van der Waals surface area contributed by atoms with Crippen molar-refractivity contribution < 1.29 is 4.39 Å². The van der Waals surface area contributed by atoms with Gasteiger partial charge in [0.25, 0.3) is 0 Å². The van der Waals surface area contributed by atoms with E-state index < -0.39 is 5.82 Å². The molecule has 1 aromatic carbocycles. The highest BCUT2D eigenvalue weighted by atomic mass is 79.9. The lowest BCUT2D eigenvalue weighted by Gasteiger charge is -2.39. The van der Waals surface area contributed by atoms with Crippen molar-refractivity contribution in [2.24, 2.45) is 0 Å². The van der Waals surface area contributed by atoms with E-state index in [-0.39, 0.29) is 16.7 Å². The van der Waals surface area contributed by atoms with Gasteiger partial charge in [-0.3, -0.25) is 0 Å². The van der Waals surface area contributed by atoms with Crippen LogP contribution in [0.3, 0.4) is 0 Å². The van der Waals surface area contributed by atoms with Gasteiger partial charge in [0, 0.05) is 25.7 Å². The molecule has 3 N–H and O–H groups in total. The van der Waals surface area contributed by atoms with Crippen LogP contribution < -0.4 is 16.0 Å². The molecule has 1 saturated heterocycles. The SMILES string of the molecule is C[C@H]1CN(c2ccc(Br)c(F)c2Nc2ncnc(Cl)c2N)CCN1C. The Labute approximate surface area is 159 Å². The number of anilines is 4. The van der Waals surface area contributed by atoms with E-state index in [1.54, 1.807) is 6.07 Å². The number of hydrogen-bond donors (Lipinski definition) is 2. The van der Waals surface area contributed by atoms with Crippen LogP contribution in [0.15, 0.2) is 22.9 Å². The number of aromatic nitrogens is 2. The second kappa shape index (κ2) is 7.31. The first-order valence-corrected chi connectivity index (χ1v) is 9.01. The first-order valence-electron chi connectivity index (χ1n) is 7.84. The number of halogens is 3. The summed E-state index contributed by atoms with van der Waals surface area (Å²) >= 11 is 9.18. The third-order valence-electron chi connectivity index (χ3n) is 4.45. The molecule has 1 aromatic heterocycles. The second-order valence-corrected chi connectivity index (χ2v) is 7.30. The van der Waals surface area contributed by atoms with E-state index in [1.807, 2.05) is 6.07 Å². The van der Waals surface area contributed by atoms with E-state index in [0.717, 1.165) is 25.3 Å². The predicted octanol–water partition coefficient (Wildman–Crippen LogP) is 3.50. The Morgan fingerprint density at radius 2 is 2.12 bits per heavy atom. The standard InChI is InChI=1S/C16H19BrClFN6/c1-9-7-25(6-5-24(9)2)11-4-3-10(17)12(19)14(11)23-16-13(20)15(18)21-8-22-16/h3-4,8-9H,5-7,20H2,1-2H3,(H,21,22,23)/t9-/m0/s1. The van der Waals surface area contributed by atoms with Crippen molar-refractivity contribution in [2.75, 3.05) is 42.6 Å². The molecule has 25 heavy (non-hydrogen) atoms. The molecule has 1 aliphatic heterocycles. The van der Waals surface area contributed by atoms with Crippen LogP contribution in [0.1, 0.15) is 6.92 Å². The zero-order valence-electron chi connectivity index (χ0n) is 13.9. The molecule has 0 spiro atoms. The average molecular weight is 430 g/mol. The Bertz CT molecular complexity index is 789. The first kappa shape index (κ1) is 18.2. The van der Waals surface area contributed by atoms with Gasteiger partial charge in [0.1, 0.15) is 17.7 Å². The Hall–Kier alpha value is -1.64. The second-order valence-electron chi connectivity index (χ2n) is 6.08. The topological polar surface area (TPSA) is 70.3 Å². The summed E-state index contributed by atoms with van der Waals surface area (Å²) in [4.78, 5) is 12.3. The maximum absolute atomic E-state index is 14.8. The summed E-state index contributed by atoms with van der Waals surface area (Å²) in [6.45, 7) is 4.65. The third kappa shape index (κ3) is 3.65. The highest BCUT2D eigenvalue weighted by Crippen LogP contribution is 2.37. The van der Waals surface area contributed by atoms with Gasteiger partial charge >= 0.3 is 0 Å². The van der Waals surface area contributed by atoms with Crippen LogP contribution in [0.2, 0.25) is 5.15 Å². The summed E-state index contributed by atoms with van der Waals surface area (Å²) in [5, 5.41) is 3.12. The number of piperazine rings is 1. The van der Waals surface area contributed by atoms with Crippen molar-refractivity contribution in [2.45, 2.75) is 13.0 Å². The Balaban J connectivity index is 2.00. The summed E-state index contributed by atoms with van der Waals surface area (Å²) in [5.74, 6) is -0.126. The molecule has 0 amide bonds. The molecule has 1 fully saturated rings. The van der Waals surface area contributed by atoms with Gasteiger partial charge in [-0.2, -0.15) is 0 Å². The van der Waals surface area contributed by atoms with Crippen LogP contribution >= 0.6 is 27.5 Å². The smallest absolute Gasteiger partial charge is 0.162 e. The summed E-state index contributed by atoms with van der Waals surface area (Å²) in [6.07, 6.45) is 1.29. The molecule has 2 heterocycles. The number of nitrogen functional groups attached to an aromatic ring is 1. The molecule has 3 rings (SSSR count). The maximum atomic E-state index is 14.8. The average Bonchev–Trinajstić information content (AvgIpc) is 2.58. The van der Waals surface area contributed by atoms with Crippen molar-refractivity contribution in [3.05, 3.63) is 33.9 Å². The number of hydrogen-bond acceptors (Lipinski definition) is 6. The van der Waals surface area contributed by atoms with Crippen LogP contribution in [-0.2, 0) is 0 Å².